The van der Waals surface area contributed by atoms with Gasteiger partial charge in [-0.15, -0.1) is 0 Å². The van der Waals surface area contributed by atoms with Crippen LogP contribution < -0.4 is 11.1 Å². The summed E-state index contributed by atoms with van der Waals surface area (Å²) in [5.41, 5.74) is 8.00. The summed E-state index contributed by atoms with van der Waals surface area (Å²) >= 11 is 0. The first-order chi connectivity index (χ1) is 9.91. The molecule has 0 unspecified atom stereocenters. The van der Waals surface area contributed by atoms with Crippen LogP contribution in [-0.2, 0) is 9.53 Å². The molecule has 0 atom stereocenters. The van der Waals surface area contributed by atoms with Gasteiger partial charge in [-0.3, -0.25) is 9.48 Å². The number of nitrogens with two attached hydrogens (primary N) is 1. The lowest BCUT2D eigenvalue weighted by Crippen LogP contribution is -2.46. The zero-order valence-corrected chi connectivity index (χ0v) is 13.4. The third-order valence-electron chi connectivity index (χ3n) is 4.37. The van der Waals surface area contributed by atoms with E-state index in [9.17, 15) is 4.79 Å². The minimum absolute atomic E-state index is 0.0113. The third-order valence-corrected chi connectivity index (χ3v) is 4.37. The van der Waals surface area contributed by atoms with Crippen molar-refractivity contribution < 1.29 is 9.53 Å². The number of anilines is 1. The number of rotatable bonds is 4. The summed E-state index contributed by atoms with van der Waals surface area (Å²) in [6, 6.07) is 0.265. The van der Waals surface area contributed by atoms with Crippen LogP contribution in [0.3, 0.4) is 0 Å². The van der Waals surface area contributed by atoms with Crippen molar-refractivity contribution in [3.63, 3.8) is 0 Å². The maximum atomic E-state index is 12.7. The molecule has 0 aromatic carbocycles. The molecule has 6 heteroatoms. The van der Waals surface area contributed by atoms with Gasteiger partial charge in [-0.05, 0) is 40.5 Å². The fourth-order valence-corrected chi connectivity index (χ4v) is 2.88. The number of carbonyl (C=O) groups excluding carboxylic acids is 1. The average Bonchev–Trinajstić information content (AvgIpc) is 2.76. The van der Waals surface area contributed by atoms with Gasteiger partial charge in [-0.2, -0.15) is 5.10 Å². The molecule has 2 rings (SSSR count). The molecule has 2 heterocycles. The number of hydrogen-bond donors (Lipinski definition) is 2. The van der Waals surface area contributed by atoms with Crippen molar-refractivity contribution in [2.75, 3.05) is 25.1 Å². The molecular weight excluding hydrogens is 268 g/mol. The highest BCUT2D eigenvalue weighted by Crippen LogP contribution is 2.32. The van der Waals surface area contributed by atoms with E-state index >= 15 is 0 Å². The Labute approximate surface area is 126 Å². The number of aryl methyl sites for hydroxylation is 1. The van der Waals surface area contributed by atoms with Crippen LogP contribution in [0.2, 0.25) is 0 Å². The van der Waals surface area contributed by atoms with Gasteiger partial charge in [0, 0.05) is 25.8 Å². The van der Waals surface area contributed by atoms with Gasteiger partial charge >= 0.3 is 0 Å². The van der Waals surface area contributed by atoms with Crippen molar-refractivity contribution in [3.05, 3.63) is 11.4 Å². The fourth-order valence-electron chi connectivity index (χ4n) is 2.88. The summed E-state index contributed by atoms with van der Waals surface area (Å²) in [6.07, 6.45) is 1.34. The molecule has 0 saturated carbocycles. The Hall–Kier alpha value is -1.40. The van der Waals surface area contributed by atoms with Gasteiger partial charge in [0.25, 0.3) is 0 Å². The maximum Gasteiger partial charge on any atom is 0.232 e. The molecule has 3 N–H and O–H groups in total. The van der Waals surface area contributed by atoms with Gasteiger partial charge in [0.05, 0.1) is 22.5 Å². The van der Waals surface area contributed by atoms with Crippen LogP contribution in [-0.4, -0.2) is 35.4 Å². The fraction of sp³-hybridized carbons (Fsp3) is 0.733. The summed E-state index contributed by atoms with van der Waals surface area (Å²) in [5, 5.41) is 7.56. The van der Waals surface area contributed by atoms with E-state index in [2.05, 4.69) is 24.3 Å². The maximum absolute atomic E-state index is 12.7. The highest BCUT2D eigenvalue weighted by molar-refractivity contribution is 5.96. The van der Waals surface area contributed by atoms with Crippen LogP contribution in [0.1, 0.15) is 44.1 Å². The predicted octanol–water partition coefficient (Wildman–Crippen LogP) is 1.77. The van der Waals surface area contributed by atoms with Crippen LogP contribution in [0, 0.1) is 19.3 Å². The van der Waals surface area contributed by atoms with Crippen LogP contribution in [0.5, 0.6) is 0 Å². The number of nitrogens with zero attached hydrogens (tertiary/aromatic N) is 2. The van der Waals surface area contributed by atoms with E-state index in [1.807, 2.05) is 18.5 Å². The van der Waals surface area contributed by atoms with E-state index in [1.165, 1.54) is 0 Å². The smallest absolute Gasteiger partial charge is 0.232 e. The van der Waals surface area contributed by atoms with E-state index in [0.29, 0.717) is 32.6 Å². The average molecular weight is 294 g/mol. The highest BCUT2D eigenvalue weighted by Gasteiger charge is 2.39. The monoisotopic (exact) mass is 294 g/mol. The van der Waals surface area contributed by atoms with Gasteiger partial charge in [0.15, 0.2) is 0 Å². The largest absolute Gasteiger partial charge is 0.381 e. The van der Waals surface area contributed by atoms with Gasteiger partial charge in [-0.25, -0.2) is 0 Å². The third kappa shape index (κ3) is 2.96. The van der Waals surface area contributed by atoms with Gasteiger partial charge in [0.2, 0.25) is 5.91 Å². The van der Waals surface area contributed by atoms with E-state index in [-0.39, 0.29) is 11.9 Å². The first-order valence-electron chi connectivity index (χ1n) is 7.56. The van der Waals surface area contributed by atoms with E-state index in [1.54, 1.807) is 0 Å². The standard InChI is InChI=1S/C15H26N4O2/c1-10(2)19-12(4)13(11(3)18-19)17-14(20)15(9-16)5-7-21-8-6-15/h10H,5-9,16H2,1-4H3,(H,17,20). The first-order valence-corrected chi connectivity index (χ1v) is 7.56. The van der Waals surface area contributed by atoms with Gasteiger partial charge < -0.3 is 15.8 Å². The van der Waals surface area contributed by atoms with E-state index < -0.39 is 5.41 Å². The lowest BCUT2D eigenvalue weighted by atomic mass is 9.79. The Morgan fingerprint density at radius 2 is 2.05 bits per heavy atom. The molecule has 1 amide bonds. The van der Waals surface area contributed by atoms with Crippen LogP contribution >= 0.6 is 0 Å². The van der Waals surface area contributed by atoms with E-state index in [0.717, 1.165) is 17.1 Å². The Kier molecular flexibility index (Phi) is 4.68. The molecule has 1 saturated heterocycles. The molecule has 0 radical (unpaired) electrons. The lowest BCUT2D eigenvalue weighted by molar-refractivity contribution is -0.130. The molecular formula is C15H26N4O2. The Balaban J connectivity index is 2.23. The van der Waals surface area contributed by atoms with Crippen molar-refractivity contribution in [2.45, 2.75) is 46.6 Å². The summed E-state index contributed by atoms with van der Waals surface area (Å²) in [7, 11) is 0. The van der Waals surface area contributed by atoms with Crippen LogP contribution in [0.15, 0.2) is 0 Å². The molecule has 0 bridgehead atoms. The second-order valence-corrected chi connectivity index (χ2v) is 6.14. The number of aromatic nitrogens is 2. The van der Waals surface area contributed by atoms with Crippen molar-refractivity contribution in [1.29, 1.82) is 0 Å². The SMILES string of the molecule is Cc1nn(C(C)C)c(C)c1NC(=O)C1(CN)CCOCC1. The number of carbonyl (C=O) groups is 1. The second-order valence-electron chi connectivity index (χ2n) is 6.14. The molecule has 1 aliphatic rings. The zero-order valence-electron chi connectivity index (χ0n) is 13.4. The molecule has 1 aromatic rings. The number of amides is 1. The van der Waals surface area contributed by atoms with Crippen molar-refractivity contribution in [2.24, 2.45) is 11.1 Å². The molecule has 0 spiro atoms. The van der Waals surface area contributed by atoms with Gasteiger partial charge in [0.1, 0.15) is 0 Å². The number of ether oxygens (including phenoxy) is 1. The topological polar surface area (TPSA) is 82.2 Å². The minimum Gasteiger partial charge on any atom is -0.381 e. The quantitative estimate of drug-likeness (QED) is 0.886. The van der Waals surface area contributed by atoms with Gasteiger partial charge in [-0.1, -0.05) is 0 Å². The molecule has 1 aromatic heterocycles. The molecule has 0 aliphatic carbocycles. The lowest BCUT2D eigenvalue weighted by Gasteiger charge is -2.34. The Morgan fingerprint density at radius 1 is 1.43 bits per heavy atom. The molecule has 1 aliphatic heterocycles. The van der Waals surface area contributed by atoms with E-state index in [4.69, 9.17) is 10.5 Å². The second kappa shape index (κ2) is 6.15. The molecule has 1 fully saturated rings. The van der Waals surface area contributed by atoms with Crippen molar-refractivity contribution in [1.82, 2.24) is 9.78 Å². The highest BCUT2D eigenvalue weighted by atomic mass is 16.5. The summed E-state index contributed by atoms with van der Waals surface area (Å²) in [4.78, 5) is 12.7. The molecule has 21 heavy (non-hydrogen) atoms. The van der Waals surface area contributed by atoms with Crippen molar-refractivity contribution in [3.8, 4) is 0 Å². The summed E-state index contributed by atoms with van der Waals surface area (Å²) in [5.74, 6) is -0.0113. The summed E-state index contributed by atoms with van der Waals surface area (Å²) in [6.45, 7) is 9.57. The Morgan fingerprint density at radius 3 is 2.52 bits per heavy atom. The summed E-state index contributed by atoms with van der Waals surface area (Å²) < 4.78 is 7.29. The predicted molar refractivity (Wildman–Crippen MR) is 82.3 cm³/mol. The normalized spacial score (nSPS) is 18.0. The minimum atomic E-state index is -0.517. The van der Waals surface area contributed by atoms with Crippen LogP contribution in [0.4, 0.5) is 5.69 Å². The van der Waals surface area contributed by atoms with Crippen molar-refractivity contribution >= 4 is 11.6 Å². The Bertz CT molecular complexity index is 516. The zero-order chi connectivity index (χ0) is 15.6. The number of hydrogen-bond acceptors (Lipinski definition) is 4. The molecule has 118 valence electrons. The number of nitrogens with one attached hydrogen (secondary N) is 1. The molecule has 6 nitrogen and oxygen atoms in total. The van der Waals surface area contributed by atoms with Crippen LogP contribution in [0.25, 0.3) is 0 Å². The first kappa shape index (κ1) is 16.0.